The summed E-state index contributed by atoms with van der Waals surface area (Å²) < 4.78 is 0. The average molecular weight is 214 g/mol. The van der Waals surface area contributed by atoms with E-state index in [1.165, 1.54) is 18.4 Å². The summed E-state index contributed by atoms with van der Waals surface area (Å²) in [7, 11) is 0. The van der Waals surface area contributed by atoms with Gasteiger partial charge in [0, 0.05) is 17.0 Å². The Hall–Kier alpha value is -0.400. The molecular weight excluding hydrogens is 205 g/mol. The lowest BCUT2D eigenvalue weighted by atomic mass is 9.99. The van der Waals surface area contributed by atoms with Crippen molar-refractivity contribution in [1.29, 1.82) is 0 Å². The van der Waals surface area contributed by atoms with Crippen LogP contribution in [-0.2, 0) is 5.41 Å². The van der Waals surface area contributed by atoms with E-state index in [0.717, 1.165) is 22.3 Å². The highest BCUT2D eigenvalue weighted by Crippen LogP contribution is 2.56. The van der Waals surface area contributed by atoms with Crippen molar-refractivity contribution in [2.24, 2.45) is 0 Å². The molecule has 0 amide bonds. The summed E-state index contributed by atoms with van der Waals surface area (Å²) in [6.07, 6.45) is 2.54. The molecule has 0 atom stereocenters. The van der Waals surface area contributed by atoms with Gasteiger partial charge in [0.25, 0.3) is 0 Å². The van der Waals surface area contributed by atoms with Crippen molar-refractivity contribution in [3.8, 4) is 0 Å². The second-order valence-electron chi connectivity index (χ2n) is 3.94. The zero-order valence-corrected chi connectivity index (χ0v) is 8.54. The van der Waals surface area contributed by atoms with Gasteiger partial charge in [-0.05, 0) is 30.5 Å². The molecule has 1 aliphatic carbocycles. The van der Waals surface area contributed by atoms with Crippen LogP contribution < -0.4 is 5.32 Å². The lowest BCUT2D eigenvalue weighted by Gasteiger charge is -2.06. The molecule has 1 aliphatic heterocycles. The maximum absolute atomic E-state index is 6.08. The Morgan fingerprint density at radius 2 is 2.00 bits per heavy atom. The molecule has 0 aromatic heterocycles. The van der Waals surface area contributed by atoms with Crippen molar-refractivity contribution in [3.63, 3.8) is 0 Å². The van der Waals surface area contributed by atoms with E-state index in [1.54, 1.807) is 6.07 Å². The van der Waals surface area contributed by atoms with E-state index in [1.807, 2.05) is 0 Å². The van der Waals surface area contributed by atoms with Gasteiger partial charge in [-0.2, -0.15) is 0 Å². The Labute approximate surface area is 87.0 Å². The Morgan fingerprint density at radius 1 is 1.23 bits per heavy atom. The molecular formula is C10H9Cl2N. The molecule has 3 rings (SSSR count). The number of anilines is 1. The Morgan fingerprint density at radius 3 is 2.69 bits per heavy atom. The summed E-state index contributed by atoms with van der Waals surface area (Å²) in [5.74, 6) is 0. The largest absolute Gasteiger partial charge is 0.383 e. The molecule has 1 heterocycles. The van der Waals surface area contributed by atoms with E-state index in [-0.39, 0.29) is 0 Å². The molecule has 0 unspecified atom stereocenters. The van der Waals surface area contributed by atoms with Gasteiger partial charge in [0.05, 0.1) is 10.7 Å². The van der Waals surface area contributed by atoms with E-state index in [2.05, 4.69) is 11.4 Å². The van der Waals surface area contributed by atoms with Crippen LogP contribution in [0.4, 0.5) is 5.69 Å². The third-order valence-electron chi connectivity index (χ3n) is 3.08. The first kappa shape index (κ1) is 7.95. The molecule has 1 nitrogen and oxygen atoms in total. The van der Waals surface area contributed by atoms with Gasteiger partial charge in [0.1, 0.15) is 0 Å². The zero-order chi connectivity index (χ0) is 9.05. The molecule has 2 aliphatic rings. The number of hydrogen-bond donors (Lipinski definition) is 1. The second-order valence-corrected chi connectivity index (χ2v) is 4.79. The van der Waals surface area contributed by atoms with Crippen LogP contribution in [0.1, 0.15) is 18.4 Å². The molecule has 1 saturated carbocycles. The summed E-state index contributed by atoms with van der Waals surface area (Å²) in [4.78, 5) is 0. The summed E-state index contributed by atoms with van der Waals surface area (Å²) in [5.41, 5.74) is 2.80. The molecule has 0 radical (unpaired) electrons. The summed E-state index contributed by atoms with van der Waals surface area (Å²) in [6, 6.07) is 3.85. The third kappa shape index (κ3) is 1.01. The highest BCUT2D eigenvalue weighted by molar-refractivity contribution is 6.36. The number of fused-ring (bicyclic) bond motifs is 2. The molecule has 1 aromatic carbocycles. The topological polar surface area (TPSA) is 12.0 Å². The van der Waals surface area contributed by atoms with Gasteiger partial charge in [0.2, 0.25) is 0 Å². The van der Waals surface area contributed by atoms with Gasteiger partial charge in [-0.1, -0.05) is 23.2 Å². The number of hydrogen-bond acceptors (Lipinski definition) is 1. The number of nitrogens with one attached hydrogen (secondary N) is 1. The summed E-state index contributed by atoms with van der Waals surface area (Å²) in [6.45, 7) is 1.03. The summed E-state index contributed by atoms with van der Waals surface area (Å²) in [5, 5.41) is 4.86. The van der Waals surface area contributed by atoms with Crippen LogP contribution in [0.3, 0.4) is 0 Å². The van der Waals surface area contributed by atoms with Gasteiger partial charge in [-0.3, -0.25) is 0 Å². The SMILES string of the molecule is Clc1cc(Cl)c2c(c1)C1(CC1)CN2. The minimum Gasteiger partial charge on any atom is -0.383 e. The fraction of sp³-hybridized carbons (Fsp3) is 0.400. The first-order valence-corrected chi connectivity index (χ1v) is 5.20. The minimum atomic E-state index is 0.379. The van der Waals surface area contributed by atoms with Crippen molar-refractivity contribution in [3.05, 3.63) is 27.7 Å². The molecule has 3 heteroatoms. The van der Waals surface area contributed by atoms with E-state index in [4.69, 9.17) is 23.2 Å². The highest BCUT2D eigenvalue weighted by atomic mass is 35.5. The lowest BCUT2D eigenvalue weighted by molar-refractivity contribution is 0.778. The average Bonchev–Trinajstić information content (AvgIpc) is 2.73. The van der Waals surface area contributed by atoms with Crippen LogP contribution in [0.2, 0.25) is 10.0 Å². The third-order valence-corrected chi connectivity index (χ3v) is 3.60. The maximum atomic E-state index is 6.08. The van der Waals surface area contributed by atoms with E-state index >= 15 is 0 Å². The number of rotatable bonds is 0. The van der Waals surface area contributed by atoms with Crippen LogP contribution in [0, 0.1) is 0 Å². The molecule has 0 saturated heterocycles. The molecule has 1 fully saturated rings. The monoisotopic (exact) mass is 213 g/mol. The predicted molar refractivity (Wildman–Crippen MR) is 55.9 cm³/mol. The maximum Gasteiger partial charge on any atom is 0.0655 e. The minimum absolute atomic E-state index is 0.379. The van der Waals surface area contributed by atoms with Crippen molar-refractivity contribution in [1.82, 2.24) is 0 Å². The van der Waals surface area contributed by atoms with Crippen LogP contribution in [0.15, 0.2) is 12.1 Å². The fourth-order valence-electron chi connectivity index (χ4n) is 2.12. The molecule has 68 valence electrons. The Kier molecular flexibility index (Phi) is 1.43. The van der Waals surface area contributed by atoms with Crippen molar-refractivity contribution in [2.75, 3.05) is 11.9 Å². The fourth-order valence-corrected chi connectivity index (χ4v) is 2.68. The Balaban J connectivity index is 2.24. The number of benzene rings is 1. The molecule has 1 N–H and O–H groups in total. The molecule has 1 aromatic rings. The van der Waals surface area contributed by atoms with Crippen LogP contribution >= 0.6 is 23.2 Å². The molecule has 1 spiro atoms. The van der Waals surface area contributed by atoms with Crippen molar-refractivity contribution < 1.29 is 0 Å². The van der Waals surface area contributed by atoms with E-state index in [0.29, 0.717) is 5.41 Å². The molecule has 13 heavy (non-hydrogen) atoms. The van der Waals surface area contributed by atoms with E-state index in [9.17, 15) is 0 Å². The first-order valence-electron chi connectivity index (χ1n) is 4.45. The van der Waals surface area contributed by atoms with Gasteiger partial charge in [0.15, 0.2) is 0 Å². The molecule has 0 bridgehead atoms. The number of halogens is 2. The Bertz CT molecular complexity index is 383. The smallest absolute Gasteiger partial charge is 0.0655 e. The highest BCUT2D eigenvalue weighted by Gasteiger charge is 2.49. The standard InChI is InChI=1S/C10H9Cl2N/c11-6-3-7-9(8(12)4-6)13-5-10(7)1-2-10/h3-4,13H,1-2,5H2. The second kappa shape index (κ2) is 2.34. The van der Waals surface area contributed by atoms with Crippen LogP contribution in [0.5, 0.6) is 0 Å². The van der Waals surface area contributed by atoms with Gasteiger partial charge in [-0.25, -0.2) is 0 Å². The normalized spacial score (nSPS) is 21.4. The zero-order valence-electron chi connectivity index (χ0n) is 7.03. The van der Waals surface area contributed by atoms with Crippen molar-refractivity contribution in [2.45, 2.75) is 18.3 Å². The van der Waals surface area contributed by atoms with Gasteiger partial charge >= 0.3 is 0 Å². The summed E-state index contributed by atoms with van der Waals surface area (Å²) >= 11 is 12.1. The van der Waals surface area contributed by atoms with Gasteiger partial charge < -0.3 is 5.32 Å². The van der Waals surface area contributed by atoms with Crippen LogP contribution in [-0.4, -0.2) is 6.54 Å². The van der Waals surface area contributed by atoms with Crippen molar-refractivity contribution >= 4 is 28.9 Å². The quantitative estimate of drug-likeness (QED) is 0.697. The lowest BCUT2D eigenvalue weighted by Crippen LogP contribution is -2.08. The first-order chi connectivity index (χ1) is 6.21. The van der Waals surface area contributed by atoms with E-state index < -0.39 is 0 Å². The van der Waals surface area contributed by atoms with Crippen LogP contribution in [0.25, 0.3) is 0 Å². The van der Waals surface area contributed by atoms with Gasteiger partial charge in [-0.15, -0.1) is 0 Å². The predicted octanol–water partition coefficient (Wildman–Crippen LogP) is 3.45.